The van der Waals surface area contributed by atoms with Gasteiger partial charge in [0.25, 0.3) is 0 Å². The van der Waals surface area contributed by atoms with Gasteiger partial charge in [-0.05, 0) is 6.42 Å². The van der Waals surface area contributed by atoms with E-state index in [1.807, 2.05) is 0 Å². The minimum Gasteiger partial charge on any atom is -0.747 e. The summed E-state index contributed by atoms with van der Waals surface area (Å²) in [7, 11) is -4.37. The quantitative estimate of drug-likeness (QED) is 0.449. The van der Waals surface area contributed by atoms with Crippen molar-refractivity contribution in [1.82, 2.24) is 5.32 Å². The molecule has 3 N–H and O–H groups in total. The first kappa shape index (κ1) is 12.8. The molecule has 0 amide bonds. The van der Waals surface area contributed by atoms with E-state index in [0.717, 1.165) is 0 Å². The molecule has 0 rings (SSSR count). The van der Waals surface area contributed by atoms with Crippen LogP contribution in [0.5, 0.6) is 0 Å². The van der Waals surface area contributed by atoms with Crippen molar-refractivity contribution in [2.45, 2.75) is 18.9 Å². The molecule has 0 aromatic heterocycles. The normalized spacial score (nSPS) is 13.2. The summed E-state index contributed by atoms with van der Waals surface area (Å²) in [6.45, 7) is 0.821. The highest BCUT2D eigenvalue weighted by atomic mass is 32.2. The van der Waals surface area contributed by atoms with Gasteiger partial charge in [-0.1, -0.05) is 6.92 Å². The molecule has 0 aliphatic rings. The van der Waals surface area contributed by atoms with E-state index in [0.29, 0.717) is 6.42 Å². The molecule has 0 fully saturated rings. The summed E-state index contributed by atoms with van der Waals surface area (Å²) in [6.07, 6.45) is 0.329. The highest BCUT2D eigenvalue weighted by Gasteiger charge is 2.26. The molecule has 0 aromatic carbocycles. The maximum Gasteiger partial charge on any atom is 0.108 e. The van der Waals surface area contributed by atoms with Gasteiger partial charge in [-0.3, -0.25) is 5.32 Å². The lowest BCUT2D eigenvalue weighted by molar-refractivity contribution is 0.0918. The van der Waals surface area contributed by atoms with Crippen molar-refractivity contribution in [3.05, 3.63) is 0 Å². The number of aliphatic hydroxyl groups is 2. The third-order valence-electron chi connectivity index (χ3n) is 1.91. The molecule has 0 heterocycles. The summed E-state index contributed by atoms with van der Waals surface area (Å²) in [5, 5.41) is 20.0. The van der Waals surface area contributed by atoms with Crippen molar-refractivity contribution < 1.29 is 23.2 Å². The van der Waals surface area contributed by atoms with Crippen LogP contribution in [-0.2, 0) is 10.1 Å². The van der Waals surface area contributed by atoms with Gasteiger partial charge in [0.2, 0.25) is 0 Å². The van der Waals surface area contributed by atoms with Crippen LogP contribution < -0.4 is 5.32 Å². The van der Waals surface area contributed by atoms with Crippen molar-refractivity contribution in [1.29, 1.82) is 0 Å². The third-order valence-corrected chi connectivity index (χ3v) is 2.40. The first-order chi connectivity index (χ1) is 5.89. The van der Waals surface area contributed by atoms with E-state index in [9.17, 15) is 13.0 Å². The molecule has 13 heavy (non-hydrogen) atoms. The number of hydrogen-bond acceptors (Lipinski definition) is 6. The number of aliphatic hydroxyl groups excluding tert-OH is 2. The molecule has 0 saturated heterocycles. The molecule has 0 spiro atoms. The monoisotopic (exact) mass is 212 g/mol. The Hall–Kier alpha value is -0.210. The zero-order valence-electron chi connectivity index (χ0n) is 7.36. The van der Waals surface area contributed by atoms with Gasteiger partial charge in [-0.15, -0.1) is 0 Å². The molecule has 0 unspecified atom stereocenters. The first-order valence-corrected chi connectivity index (χ1v) is 5.37. The van der Waals surface area contributed by atoms with Crippen molar-refractivity contribution in [2.24, 2.45) is 0 Å². The molecule has 7 heteroatoms. The van der Waals surface area contributed by atoms with Gasteiger partial charge in [0.1, 0.15) is 10.1 Å². The highest BCUT2D eigenvalue weighted by Crippen LogP contribution is 2.07. The first-order valence-electron chi connectivity index (χ1n) is 3.79. The molecular formula is C6H14NO5S-. The SMILES string of the molecule is CCC(CO)(CO)NCS(=O)(=O)[O-]. The lowest BCUT2D eigenvalue weighted by Gasteiger charge is -2.30. The van der Waals surface area contributed by atoms with E-state index < -0.39 is 34.7 Å². The maximum atomic E-state index is 10.2. The Kier molecular flexibility index (Phi) is 4.79. The van der Waals surface area contributed by atoms with Gasteiger partial charge < -0.3 is 14.8 Å². The summed E-state index contributed by atoms with van der Waals surface area (Å²) < 4.78 is 30.7. The predicted octanol–water partition coefficient (Wildman–Crippen LogP) is -1.79. The van der Waals surface area contributed by atoms with Gasteiger partial charge in [0, 0.05) is 0 Å². The summed E-state index contributed by atoms with van der Waals surface area (Å²) in [4.78, 5) is 0. The van der Waals surface area contributed by atoms with Crippen molar-refractivity contribution in [2.75, 3.05) is 19.1 Å². The molecule has 0 aromatic rings. The molecule has 0 radical (unpaired) electrons. The summed E-state index contributed by atoms with van der Waals surface area (Å²) in [5.41, 5.74) is -1.09. The van der Waals surface area contributed by atoms with E-state index in [1.54, 1.807) is 6.92 Å². The minimum atomic E-state index is -4.37. The lowest BCUT2D eigenvalue weighted by Crippen LogP contribution is -2.52. The van der Waals surface area contributed by atoms with Crippen LogP contribution >= 0.6 is 0 Å². The van der Waals surface area contributed by atoms with Crippen LogP contribution in [0.25, 0.3) is 0 Å². The molecule has 0 aliphatic carbocycles. The fourth-order valence-corrected chi connectivity index (χ4v) is 1.23. The standard InChI is InChI=1S/C6H15NO5S/c1-2-6(3-8,4-9)7-5-13(10,11)12/h7-9H,2-5H2,1H3,(H,10,11,12)/p-1. The van der Waals surface area contributed by atoms with Gasteiger partial charge >= 0.3 is 0 Å². The highest BCUT2D eigenvalue weighted by molar-refractivity contribution is 7.85. The number of nitrogens with one attached hydrogen (secondary N) is 1. The van der Waals surface area contributed by atoms with Crippen LogP contribution in [0.15, 0.2) is 0 Å². The summed E-state index contributed by atoms with van der Waals surface area (Å²) in [5.74, 6) is -0.790. The van der Waals surface area contributed by atoms with E-state index in [2.05, 4.69) is 5.32 Å². The Balaban J connectivity index is 4.27. The molecule has 0 aliphatic heterocycles. The van der Waals surface area contributed by atoms with E-state index in [4.69, 9.17) is 10.2 Å². The second-order valence-corrected chi connectivity index (χ2v) is 4.23. The third kappa shape index (κ3) is 4.53. The van der Waals surface area contributed by atoms with Crippen LogP contribution in [0.2, 0.25) is 0 Å². The summed E-state index contributed by atoms with van der Waals surface area (Å²) >= 11 is 0. The topological polar surface area (TPSA) is 110 Å². The lowest BCUT2D eigenvalue weighted by atomic mass is 9.99. The fourth-order valence-electron chi connectivity index (χ4n) is 0.752. The fraction of sp³-hybridized carbons (Fsp3) is 1.00. The van der Waals surface area contributed by atoms with Gasteiger partial charge in [-0.25, -0.2) is 8.42 Å². The largest absolute Gasteiger partial charge is 0.747 e. The number of hydrogen-bond donors (Lipinski definition) is 3. The predicted molar refractivity (Wildman–Crippen MR) is 44.9 cm³/mol. The van der Waals surface area contributed by atoms with Crippen molar-refractivity contribution in [3.8, 4) is 0 Å². The van der Waals surface area contributed by atoms with Crippen LogP contribution in [0.4, 0.5) is 0 Å². The molecule has 6 nitrogen and oxygen atoms in total. The molecule has 80 valence electrons. The zero-order chi connectivity index (χ0) is 10.5. The van der Waals surface area contributed by atoms with E-state index >= 15 is 0 Å². The average Bonchev–Trinajstić information content (AvgIpc) is 2.06. The summed E-state index contributed by atoms with van der Waals surface area (Å²) in [6, 6.07) is 0. The van der Waals surface area contributed by atoms with Gasteiger partial charge in [-0.2, -0.15) is 0 Å². The maximum absolute atomic E-state index is 10.2. The Labute approximate surface area is 77.3 Å². The Morgan fingerprint density at radius 3 is 2.08 bits per heavy atom. The minimum absolute atomic E-state index is 0.329. The van der Waals surface area contributed by atoms with Crippen LogP contribution in [0, 0.1) is 0 Å². The van der Waals surface area contributed by atoms with Crippen LogP contribution in [-0.4, -0.2) is 47.8 Å². The Morgan fingerprint density at radius 2 is 1.85 bits per heavy atom. The van der Waals surface area contributed by atoms with Gasteiger partial charge in [0.05, 0.1) is 24.6 Å². The molecule has 0 atom stereocenters. The molecule has 0 saturated carbocycles. The Morgan fingerprint density at radius 1 is 1.38 bits per heavy atom. The number of rotatable bonds is 6. The van der Waals surface area contributed by atoms with E-state index in [-0.39, 0.29) is 0 Å². The Bertz CT molecular complexity index is 225. The van der Waals surface area contributed by atoms with Crippen molar-refractivity contribution >= 4 is 10.1 Å². The second-order valence-electron chi connectivity index (χ2n) is 2.83. The second kappa shape index (κ2) is 4.87. The van der Waals surface area contributed by atoms with Gasteiger partial charge in [0.15, 0.2) is 0 Å². The van der Waals surface area contributed by atoms with E-state index in [1.165, 1.54) is 0 Å². The average molecular weight is 212 g/mol. The van der Waals surface area contributed by atoms with Crippen LogP contribution in [0.3, 0.4) is 0 Å². The molecule has 0 bridgehead atoms. The van der Waals surface area contributed by atoms with Crippen molar-refractivity contribution in [3.63, 3.8) is 0 Å². The van der Waals surface area contributed by atoms with Crippen LogP contribution in [0.1, 0.15) is 13.3 Å². The molecular weight excluding hydrogens is 198 g/mol. The zero-order valence-corrected chi connectivity index (χ0v) is 8.17. The smallest absolute Gasteiger partial charge is 0.108 e.